The van der Waals surface area contributed by atoms with Crippen molar-refractivity contribution < 1.29 is 0 Å². The van der Waals surface area contributed by atoms with Crippen LogP contribution in [0.1, 0.15) is 58.3 Å². The van der Waals surface area contributed by atoms with Crippen LogP contribution in [0.3, 0.4) is 0 Å². The third-order valence-corrected chi connectivity index (χ3v) is 3.58. The average molecular weight is 212 g/mol. The van der Waals surface area contributed by atoms with Crippen molar-refractivity contribution in [3.05, 3.63) is 0 Å². The summed E-state index contributed by atoms with van der Waals surface area (Å²) in [6.45, 7) is 4.22. The van der Waals surface area contributed by atoms with Crippen molar-refractivity contribution >= 4 is 0 Å². The number of hydrogen-bond acceptors (Lipinski definition) is 2. The fourth-order valence-electron chi connectivity index (χ4n) is 2.53. The van der Waals surface area contributed by atoms with Gasteiger partial charge in [0, 0.05) is 6.04 Å². The van der Waals surface area contributed by atoms with E-state index in [1.807, 2.05) is 0 Å². The van der Waals surface area contributed by atoms with Crippen molar-refractivity contribution in [3.8, 4) is 0 Å². The lowest BCUT2D eigenvalue weighted by molar-refractivity contribution is 0.386. The molecule has 0 aliphatic heterocycles. The SMILES string of the molecule is CCCC(CN)CNC1CCCCCC1. The number of nitrogens with one attached hydrogen (secondary N) is 1. The Kier molecular flexibility index (Phi) is 7.03. The molecule has 3 N–H and O–H groups in total. The highest BCUT2D eigenvalue weighted by atomic mass is 14.9. The van der Waals surface area contributed by atoms with Gasteiger partial charge in [-0.2, -0.15) is 0 Å². The molecule has 0 heterocycles. The second kappa shape index (κ2) is 8.12. The molecule has 0 saturated heterocycles. The quantitative estimate of drug-likeness (QED) is 0.664. The van der Waals surface area contributed by atoms with E-state index in [2.05, 4.69) is 12.2 Å². The minimum Gasteiger partial charge on any atom is -0.330 e. The van der Waals surface area contributed by atoms with Gasteiger partial charge in [-0.05, 0) is 38.3 Å². The van der Waals surface area contributed by atoms with Gasteiger partial charge in [-0.15, -0.1) is 0 Å². The normalized spacial score (nSPS) is 21.2. The lowest BCUT2D eigenvalue weighted by Crippen LogP contribution is -2.35. The van der Waals surface area contributed by atoms with Gasteiger partial charge in [-0.3, -0.25) is 0 Å². The summed E-state index contributed by atoms with van der Waals surface area (Å²) in [5.74, 6) is 0.693. The van der Waals surface area contributed by atoms with Gasteiger partial charge in [0.25, 0.3) is 0 Å². The Morgan fingerprint density at radius 3 is 2.40 bits per heavy atom. The molecule has 0 spiro atoms. The molecule has 1 aliphatic rings. The fourth-order valence-corrected chi connectivity index (χ4v) is 2.53. The molecule has 1 fully saturated rings. The van der Waals surface area contributed by atoms with E-state index >= 15 is 0 Å². The van der Waals surface area contributed by atoms with Crippen molar-refractivity contribution in [1.29, 1.82) is 0 Å². The number of rotatable bonds is 6. The van der Waals surface area contributed by atoms with Crippen LogP contribution in [0.25, 0.3) is 0 Å². The first-order valence-corrected chi connectivity index (χ1v) is 6.80. The van der Waals surface area contributed by atoms with Crippen LogP contribution in [0.5, 0.6) is 0 Å². The van der Waals surface area contributed by atoms with E-state index in [4.69, 9.17) is 5.73 Å². The summed E-state index contributed by atoms with van der Waals surface area (Å²) >= 11 is 0. The first-order valence-electron chi connectivity index (χ1n) is 6.80. The van der Waals surface area contributed by atoms with E-state index in [1.165, 1.54) is 51.4 Å². The monoisotopic (exact) mass is 212 g/mol. The molecule has 1 rings (SSSR count). The van der Waals surface area contributed by atoms with Gasteiger partial charge in [0.2, 0.25) is 0 Å². The van der Waals surface area contributed by atoms with Crippen LogP contribution >= 0.6 is 0 Å². The minimum atomic E-state index is 0.693. The van der Waals surface area contributed by atoms with Crippen molar-refractivity contribution in [3.63, 3.8) is 0 Å². The zero-order chi connectivity index (χ0) is 10.9. The Labute approximate surface area is 95.0 Å². The van der Waals surface area contributed by atoms with Gasteiger partial charge in [-0.25, -0.2) is 0 Å². The lowest BCUT2D eigenvalue weighted by Gasteiger charge is -2.20. The Morgan fingerprint density at radius 1 is 1.20 bits per heavy atom. The highest BCUT2D eigenvalue weighted by molar-refractivity contribution is 4.73. The van der Waals surface area contributed by atoms with E-state index in [1.54, 1.807) is 0 Å². The molecule has 1 unspecified atom stereocenters. The van der Waals surface area contributed by atoms with Crippen molar-refractivity contribution in [2.75, 3.05) is 13.1 Å². The molecule has 0 radical (unpaired) electrons. The molecular formula is C13H28N2. The first-order chi connectivity index (χ1) is 7.36. The predicted molar refractivity (Wildman–Crippen MR) is 66.9 cm³/mol. The Balaban J connectivity index is 2.15. The lowest BCUT2D eigenvalue weighted by atomic mass is 10.0. The van der Waals surface area contributed by atoms with Gasteiger partial charge in [-0.1, -0.05) is 39.0 Å². The molecular weight excluding hydrogens is 184 g/mol. The molecule has 0 aromatic carbocycles. The number of nitrogens with two attached hydrogens (primary N) is 1. The average Bonchev–Trinajstić information content (AvgIpc) is 2.52. The van der Waals surface area contributed by atoms with Gasteiger partial charge < -0.3 is 11.1 Å². The summed E-state index contributed by atoms with van der Waals surface area (Å²) in [4.78, 5) is 0. The predicted octanol–water partition coefficient (Wildman–Crippen LogP) is 2.67. The first kappa shape index (κ1) is 13.0. The second-order valence-electron chi connectivity index (χ2n) is 4.99. The third kappa shape index (κ3) is 5.53. The minimum absolute atomic E-state index is 0.693. The van der Waals surface area contributed by atoms with Crippen LogP contribution in [0.2, 0.25) is 0 Å². The van der Waals surface area contributed by atoms with Gasteiger partial charge in [0.1, 0.15) is 0 Å². The maximum Gasteiger partial charge on any atom is 0.00671 e. The third-order valence-electron chi connectivity index (χ3n) is 3.58. The molecule has 90 valence electrons. The number of hydrogen-bond donors (Lipinski definition) is 2. The second-order valence-corrected chi connectivity index (χ2v) is 4.99. The van der Waals surface area contributed by atoms with Crippen molar-refractivity contribution in [2.45, 2.75) is 64.3 Å². The van der Waals surface area contributed by atoms with Crippen LogP contribution in [-0.4, -0.2) is 19.1 Å². The van der Waals surface area contributed by atoms with E-state index < -0.39 is 0 Å². The zero-order valence-corrected chi connectivity index (χ0v) is 10.3. The summed E-state index contributed by atoms with van der Waals surface area (Å²) in [6.07, 6.45) is 11.0. The van der Waals surface area contributed by atoms with Crippen molar-refractivity contribution in [2.24, 2.45) is 11.7 Å². The Hall–Kier alpha value is -0.0800. The summed E-state index contributed by atoms with van der Waals surface area (Å²) in [5, 5.41) is 3.72. The molecule has 2 heteroatoms. The molecule has 0 amide bonds. The molecule has 1 aliphatic carbocycles. The maximum absolute atomic E-state index is 5.77. The van der Waals surface area contributed by atoms with E-state index in [0.29, 0.717) is 5.92 Å². The standard InChI is InChI=1S/C13H28N2/c1-2-7-12(10-14)11-15-13-8-5-3-4-6-9-13/h12-13,15H,2-11,14H2,1H3. The summed E-state index contributed by atoms with van der Waals surface area (Å²) in [5.41, 5.74) is 5.77. The van der Waals surface area contributed by atoms with Crippen LogP contribution < -0.4 is 11.1 Å². The largest absolute Gasteiger partial charge is 0.330 e. The summed E-state index contributed by atoms with van der Waals surface area (Å²) < 4.78 is 0. The van der Waals surface area contributed by atoms with Crippen LogP contribution in [0.4, 0.5) is 0 Å². The fraction of sp³-hybridized carbons (Fsp3) is 1.00. The zero-order valence-electron chi connectivity index (χ0n) is 10.3. The van der Waals surface area contributed by atoms with Gasteiger partial charge in [0.05, 0.1) is 0 Å². The Morgan fingerprint density at radius 2 is 1.87 bits per heavy atom. The smallest absolute Gasteiger partial charge is 0.00671 e. The topological polar surface area (TPSA) is 38.0 Å². The Bertz CT molecular complexity index is 139. The molecule has 1 saturated carbocycles. The van der Waals surface area contributed by atoms with Gasteiger partial charge in [0.15, 0.2) is 0 Å². The van der Waals surface area contributed by atoms with E-state index in [-0.39, 0.29) is 0 Å². The van der Waals surface area contributed by atoms with Crippen LogP contribution in [0, 0.1) is 5.92 Å². The van der Waals surface area contributed by atoms with Gasteiger partial charge >= 0.3 is 0 Å². The molecule has 0 bridgehead atoms. The highest BCUT2D eigenvalue weighted by Crippen LogP contribution is 2.17. The van der Waals surface area contributed by atoms with E-state index in [9.17, 15) is 0 Å². The van der Waals surface area contributed by atoms with Crippen molar-refractivity contribution in [1.82, 2.24) is 5.32 Å². The summed E-state index contributed by atoms with van der Waals surface area (Å²) in [6, 6.07) is 0.776. The molecule has 1 atom stereocenters. The van der Waals surface area contributed by atoms with Crippen LogP contribution in [-0.2, 0) is 0 Å². The molecule has 2 nitrogen and oxygen atoms in total. The summed E-state index contributed by atoms with van der Waals surface area (Å²) in [7, 11) is 0. The van der Waals surface area contributed by atoms with E-state index in [0.717, 1.165) is 19.1 Å². The molecule has 0 aromatic heterocycles. The maximum atomic E-state index is 5.77. The van der Waals surface area contributed by atoms with Crippen LogP contribution in [0.15, 0.2) is 0 Å². The molecule has 15 heavy (non-hydrogen) atoms. The highest BCUT2D eigenvalue weighted by Gasteiger charge is 2.13. The molecule has 0 aromatic rings.